The van der Waals surface area contributed by atoms with E-state index >= 15 is 0 Å². The Labute approximate surface area is 83.4 Å². The molecular formula is C11H13NO2. The smallest absolute Gasteiger partial charge is 0.340 e. The summed E-state index contributed by atoms with van der Waals surface area (Å²) in [6, 6.07) is 1.78. The second kappa shape index (κ2) is 5.17. The van der Waals surface area contributed by atoms with Crippen molar-refractivity contribution in [1.29, 1.82) is 0 Å². The fraction of sp³-hybridized carbons (Fsp3) is 0.273. The summed E-state index contributed by atoms with van der Waals surface area (Å²) in [4.78, 5) is 15.3. The topological polar surface area (TPSA) is 39.2 Å². The van der Waals surface area contributed by atoms with Crippen LogP contribution in [0.3, 0.4) is 0 Å². The summed E-state index contributed by atoms with van der Waals surface area (Å²) in [5.74, 6) is -0.325. The summed E-state index contributed by atoms with van der Waals surface area (Å²) in [6.45, 7) is 4.06. The number of ether oxygens (including phenoxy) is 1. The number of nitrogens with zero attached hydrogens (tertiary/aromatic N) is 1. The Morgan fingerprint density at radius 2 is 2.43 bits per heavy atom. The van der Waals surface area contributed by atoms with Crippen LogP contribution in [-0.2, 0) is 4.74 Å². The van der Waals surface area contributed by atoms with Gasteiger partial charge in [0.05, 0.1) is 12.2 Å². The molecule has 1 aromatic rings. The SMILES string of the molecule is CC=Cc1ccncc1C(=O)OCC. The van der Waals surface area contributed by atoms with Crippen molar-refractivity contribution in [2.45, 2.75) is 13.8 Å². The third-order valence-electron chi connectivity index (χ3n) is 1.70. The predicted molar refractivity (Wildman–Crippen MR) is 54.9 cm³/mol. The number of rotatable bonds is 3. The molecule has 3 heteroatoms. The Hall–Kier alpha value is -1.64. The zero-order chi connectivity index (χ0) is 10.4. The zero-order valence-electron chi connectivity index (χ0n) is 8.36. The van der Waals surface area contributed by atoms with Gasteiger partial charge in [-0.15, -0.1) is 0 Å². The van der Waals surface area contributed by atoms with Crippen LogP contribution < -0.4 is 0 Å². The van der Waals surface area contributed by atoms with Gasteiger partial charge in [0, 0.05) is 12.4 Å². The number of esters is 1. The summed E-state index contributed by atoms with van der Waals surface area (Å²) in [5.41, 5.74) is 1.34. The van der Waals surface area contributed by atoms with Crippen molar-refractivity contribution in [3.05, 3.63) is 35.7 Å². The average molecular weight is 191 g/mol. The lowest BCUT2D eigenvalue weighted by Crippen LogP contribution is -2.06. The van der Waals surface area contributed by atoms with Gasteiger partial charge in [-0.1, -0.05) is 12.2 Å². The number of carbonyl (C=O) groups is 1. The molecular weight excluding hydrogens is 178 g/mol. The maximum atomic E-state index is 11.4. The number of aromatic nitrogens is 1. The highest BCUT2D eigenvalue weighted by atomic mass is 16.5. The standard InChI is InChI=1S/C11H13NO2/c1-3-5-9-6-7-12-8-10(9)11(13)14-4-2/h3,5-8H,4H2,1-2H3. The fourth-order valence-electron chi connectivity index (χ4n) is 1.11. The molecule has 0 fully saturated rings. The first kappa shape index (κ1) is 10.4. The lowest BCUT2D eigenvalue weighted by Gasteiger charge is -2.03. The van der Waals surface area contributed by atoms with E-state index in [-0.39, 0.29) is 5.97 Å². The van der Waals surface area contributed by atoms with Crippen LogP contribution in [0.15, 0.2) is 24.5 Å². The highest BCUT2D eigenvalue weighted by Gasteiger charge is 2.09. The highest BCUT2D eigenvalue weighted by Crippen LogP contribution is 2.10. The van der Waals surface area contributed by atoms with Crippen LogP contribution in [0.5, 0.6) is 0 Å². The Morgan fingerprint density at radius 1 is 1.64 bits per heavy atom. The van der Waals surface area contributed by atoms with Crippen molar-refractivity contribution in [2.75, 3.05) is 6.61 Å². The molecule has 0 bridgehead atoms. The van der Waals surface area contributed by atoms with Crippen LogP contribution in [0.4, 0.5) is 0 Å². The van der Waals surface area contributed by atoms with Crippen LogP contribution >= 0.6 is 0 Å². The van der Waals surface area contributed by atoms with Crippen LogP contribution in [0, 0.1) is 0 Å². The van der Waals surface area contributed by atoms with E-state index in [1.54, 1.807) is 19.2 Å². The van der Waals surface area contributed by atoms with E-state index in [2.05, 4.69) is 4.98 Å². The van der Waals surface area contributed by atoms with E-state index in [0.717, 1.165) is 5.56 Å². The van der Waals surface area contributed by atoms with Crippen LogP contribution in [0.1, 0.15) is 29.8 Å². The van der Waals surface area contributed by atoms with Gasteiger partial charge in [-0.3, -0.25) is 4.98 Å². The first-order valence-electron chi connectivity index (χ1n) is 4.53. The van der Waals surface area contributed by atoms with Crippen molar-refractivity contribution in [3.8, 4) is 0 Å². The number of hydrogen-bond acceptors (Lipinski definition) is 3. The third kappa shape index (κ3) is 2.42. The van der Waals surface area contributed by atoms with Gasteiger partial charge in [0.25, 0.3) is 0 Å². The molecule has 0 N–H and O–H groups in total. The molecule has 74 valence electrons. The van der Waals surface area contributed by atoms with Gasteiger partial charge in [-0.25, -0.2) is 4.79 Å². The maximum absolute atomic E-state index is 11.4. The van der Waals surface area contributed by atoms with Gasteiger partial charge in [-0.05, 0) is 25.5 Å². The number of allylic oxidation sites excluding steroid dienone is 1. The van der Waals surface area contributed by atoms with Crippen LogP contribution in [-0.4, -0.2) is 17.6 Å². The summed E-state index contributed by atoms with van der Waals surface area (Å²) < 4.78 is 4.90. The van der Waals surface area contributed by atoms with E-state index in [1.165, 1.54) is 6.20 Å². The minimum Gasteiger partial charge on any atom is -0.462 e. The molecule has 0 saturated carbocycles. The molecule has 0 spiro atoms. The molecule has 1 heterocycles. The molecule has 1 aromatic heterocycles. The molecule has 3 nitrogen and oxygen atoms in total. The van der Waals surface area contributed by atoms with Gasteiger partial charge in [-0.2, -0.15) is 0 Å². The van der Waals surface area contributed by atoms with E-state index < -0.39 is 0 Å². The van der Waals surface area contributed by atoms with Crippen molar-refractivity contribution in [1.82, 2.24) is 4.98 Å². The predicted octanol–water partition coefficient (Wildman–Crippen LogP) is 2.29. The van der Waals surface area contributed by atoms with E-state index in [1.807, 2.05) is 19.1 Å². The fourth-order valence-corrected chi connectivity index (χ4v) is 1.11. The zero-order valence-corrected chi connectivity index (χ0v) is 8.36. The molecule has 0 unspecified atom stereocenters. The van der Waals surface area contributed by atoms with Crippen LogP contribution in [0.2, 0.25) is 0 Å². The average Bonchev–Trinajstić information content (AvgIpc) is 2.19. The lowest BCUT2D eigenvalue weighted by atomic mass is 10.1. The lowest BCUT2D eigenvalue weighted by molar-refractivity contribution is 0.0525. The Bertz CT molecular complexity index is 345. The van der Waals surface area contributed by atoms with E-state index in [4.69, 9.17) is 4.74 Å². The molecule has 1 rings (SSSR count). The van der Waals surface area contributed by atoms with E-state index in [9.17, 15) is 4.79 Å². The molecule has 0 amide bonds. The molecule has 0 saturated heterocycles. The monoisotopic (exact) mass is 191 g/mol. The quantitative estimate of drug-likeness (QED) is 0.688. The third-order valence-corrected chi connectivity index (χ3v) is 1.70. The molecule has 0 aromatic carbocycles. The summed E-state index contributed by atoms with van der Waals surface area (Å²) in [7, 11) is 0. The minimum atomic E-state index is -0.325. The Balaban J connectivity index is 3.00. The van der Waals surface area contributed by atoms with Crippen LogP contribution in [0.25, 0.3) is 6.08 Å². The summed E-state index contributed by atoms with van der Waals surface area (Å²) >= 11 is 0. The number of pyridine rings is 1. The van der Waals surface area contributed by atoms with Gasteiger partial charge < -0.3 is 4.74 Å². The molecule has 0 aliphatic rings. The van der Waals surface area contributed by atoms with Gasteiger partial charge in [0.15, 0.2) is 0 Å². The van der Waals surface area contributed by atoms with Crippen molar-refractivity contribution >= 4 is 12.0 Å². The Morgan fingerprint density at radius 3 is 3.07 bits per heavy atom. The summed E-state index contributed by atoms with van der Waals surface area (Å²) in [5, 5.41) is 0. The van der Waals surface area contributed by atoms with Crippen molar-refractivity contribution < 1.29 is 9.53 Å². The largest absolute Gasteiger partial charge is 0.462 e. The Kier molecular flexibility index (Phi) is 3.85. The molecule has 0 aliphatic heterocycles. The second-order valence-electron chi connectivity index (χ2n) is 2.68. The van der Waals surface area contributed by atoms with Gasteiger partial charge in [0.1, 0.15) is 0 Å². The molecule has 0 radical (unpaired) electrons. The first-order chi connectivity index (χ1) is 6.79. The molecule has 14 heavy (non-hydrogen) atoms. The van der Waals surface area contributed by atoms with Gasteiger partial charge in [0.2, 0.25) is 0 Å². The highest BCUT2D eigenvalue weighted by molar-refractivity contribution is 5.93. The van der Waals surface area contributed by atoms with Crippen molar-refractivity contribution in [2.24, 2.45) is 0 Å². The molecule has 0 aliphatic carbocycles. The second-order valence-corrected chi connectivity index (χ2v) is 2.68. The number of carbonyl (C=O) groups excluding carboxylic acids is 1. The van der Waals surface area contributed by atoms with E-state index in [0.29, 0.717) is 12.2 Å². The normalized spacial score (nSPS) is 10.4. The van der Waals surface area contributed by atoms with Gasteiger partial charge >= 0.3 is 5.97 Å². The molecule has 0 atom stereocenters. The first-order valence-corrected chi connectivity index (χ1v) is 4.53. The maximum Gasteiger partial charge on any atom is 0.340 e. The number of hydrogen-bond donors (Lipinski definition) is 0. The van der Waals surface area contributed by atoms with Crippen molar-refractivity contribution in [3.63, 3.8) is 0 Å². The summed E-state index contributed by atoms with van der Waals surface area (Å²) in [6.07, 6.45) is 6.90. The minimum absolute atomic E-state index is 0.325.